The highest BCUT2D eigenvalue weighted by Gasteiger charge is 2.22. The minimum Gasteiger partial charge on any atom is -0.469 e. The summed E-state index contributed by atoms with van der Waals surface area (Å²) in [5, 5.41) is 3.32. The predicted molar refractivity (Wildman–Crippen MR) is 73.0 cm³/mol. The molecule has 4 nitrogen and oxygen atoms in total. The minimum absolute atomic E-state index is 0.203. The fourth-order valence-corrected chi connectivity index (χ4v) is 2.36. The quantitative estimate of drug-likeness (QED) is 0.794. The number of nitrogens with one attached hydrogen (secondary N) is 1. The molecule has 1 aromatic carbocycles. The number of carbonyl (C=O) groups excluding carboxylic acids is 1. The molecule has 0 saturated carbocycles. The molecule has 1 fully saturated rings. The molecule has 1 aliphatic heterocycles. The lowest BCUT2D eigenvalue weighted by Gasteiger charge is -2.17. The molecule has 19 heavy (non-hydrogen) atoms. The van der Waals surface area contributed by atoms with Crippen LogP contribution in [-0.4, -0.2) is 38.9 Å². The van der Waals surface area contributed by atoms with Crippen LogP contribution in [0.15, 0.2) is 30.3 Å². The van der Waals surface area contributed by atoms with Crippen molar-refractivity contribution >= 4 is 5.97 Å². The molecule has 0 amide bonds. The van der Waals surface area contributed by atoms with Crippen LogP contribution < -0.4 is 5.32 Å². The van der Waals surface area contributed by atoms with Gasteiger partial charge < -0.3 is 14.8 Å². The van der Waals surface area contributed by atoms with Gasteiger partial charge in [0.1, 0.15) is 0 Å². The Kier molecular flexibility index (Phi) is 5.36. The largest absolute Gasteiger partial charge is 0.469 e. The Balaban J connectivity index is 1.89. The second-order valence-electron chi connectivity index (χ2n) is 4.78. The van der Waals surface area contributed by atoms with Crippen LogP contribution in [0.1, 0.15) is 24.3 Å². The topological polar surface area (TPSA) is 47.6 Å². The molecule has 2 rings (SSSR count). The van der Waals surface area contributed by atoms with E-state index in [-0.39, 0.29) is 18.0 Å². The molecule has 0 bridgehead atoms. The lowest BCUT2D eigenvalue weighted by molar-refractivity contribution is -0.142. The number of benzene rings is 1. The van der Waals surface area contributed by atoms with Gasteiger partial charge in [-0.05, 0) is 18.4 Å². The molecule has 1 N–H and O–H groups in total. The fourth-order valence-electron chi connectivity index (χ4n) is 2.36. The number of hydrogen-bond donors (Lipinski definition) is 1. The van der Waals surface area contributed by atoms with E-state index in [1.807, 2.05) is 30.3 Å². The first kappa shape index (κ1) is 14.0. The number of ether oxygens (including phenoxy) is 2. The molecule has 2 unspecified atom stereocenters. The average Bonchev–Trinajstić information content (AvgIpc) is 2.97. The van der Waals surface area contributed by atoms with Gasteiger partial charge in [-0.3, -0.25) is 4.79 Å². The van der Waals surface area contributed by atoms with Crippen LogP contribution >= 0.6 is 0 Å². The lowest BCUT2D eigenvalue weighted by Crippen LogP contribution is -2.33. The minimum atomic E-state index is -0.257. The molecule has 4 heteroatoms. The summed E-state index contributed by atoms with van der Waals surface area (Å²) in [6.07, 6.45) is 2.52. The van der Waals surface area contributed by atoms with E-state index in [2.05, 4.69) is 5.32 Å². The lowest BCUT2D eigenvalue weighted by atomic mass is 9.99. The molecular formula is C15H21NO3. The maximum Gasteiger partial charge on any atom is 0.314 e. The van der Waals surface area contributed by atoms with Crippen molar-refractivity contribution in [2.45, 2.75) is 24.9 Å². The smallest absolute Gasteiger partial charge is 0.314 e. The van der Waals surface area contributed by atoms with Gasteiger partial charge in [0.2, 0.25) is 0 Å². The van der Waals surface area contributed by atoms with E-state index in [0.29, 0.717) is 6.54 Å². The standard InChI is InChI=1S/C15H21NO3/c1-18-15(17)14(12-6-3-2-4-7-12)11-16-10-13-8-5-9-19-13/h2-4,6-7,13-14,16H,5,8-11H2,1H3. The maximum absolute atomic E-state index is 11.8. The molecule has 104 valence electrons. The molecule has 0 aliphatic carbocycles. The Morgan fingerprint density at radius 1 is 1.47 bits per heavy atom. The van der Waals surface area contributed by atoms with Gasteiger partial charge in [0.25, 0.3) is 0 Å². The third-order valence-corrected chi connectivity index (χ3v) is 3.43. The highest BCUT2D eigenvalue weighted by molar-refractivity contribution is 5.78. The Bertz CT molecular complexity index is 388. The zero-order valence-electron chi connectivity index (χ0n) is 11.3. The molecule has 0 radical (unpaired) electrons. The third-order valence-electron chi connectivity index (χ3n) is 3.43. The van der Waals surface area contributed by atoms with Crippen LogP contribution in [0.4, 0.5) is 0 Å². The van der Waals surface area contributed by atoms with Crippen LogP contribution in [-0.2, 0) is 14.3 Å². The summed E-state index contributed by atoms with van der Waals surface area (Å²) < 4.78 is 10.4. The zero-order valence-corrected chi connectivity index (χ0v) is 11.3. The summed E-state index contributed by atoms with van der Waals surface area (Å²) in [5.41, 5.74) is 0.981. The van der Waals surface area contributed by atoms with Gasteiger partial charge in [-0.15, -0.1) is 0 Å². The van der Waals surface area contributed by atoms with Crippen LogP contribution in [0.25, 0.3) is 0 Å². The summed E-state index contributed by atoms with van der Waals surface area (Å²) in [4.78, 5) is 11.8. The zero-order chi connectivity index (χ0) is 13.5. The van der Waals surface area contributed by atoms with Gasteiger partial charge >= 0.3 is 5.97 Å². The van der Waals surface area contributed by atoms with E-state index >= 15 is 0 Å². The van der Waals surface area contributed by atoms with Gasteiger partial charge in [-0.25, -0.2) is 0 Å². The van der Waals surface area contributed by atoms with Gasteiger partial charge in [-0.1, -0.05) is 30.3 Å². The highest BCUT2D eigenvalue weighted by Crippen LogP contribution is 2.17. The van der Waals surface area contributed by atoms with Gasteiger partial charge in [0, 0.05) is 19.7 Å². The van der Waals surface area contributed by atoms with Crippen molar-refractivity contribution in [3.63, 3.8) is 0 Å². The first-order chi connectivity index (χ1) is 9.31. The molecule has 1 aliphatic rings. The first-order valence-electron chi connectivity index (χ1n) is 6.76. The SMILES string of the molecule is COC(=O)C(CNCC1CCCO1)c1ccccc1. The number of esters is 1. The highest BCUT2D eigenvalue weighted by atomic mass is 16.5. The van der Waals surface area contributed by atoms with Gasteiger partial charge in [-0.2, -0.15) is 0 Å². The maximum atomic E-state index is 11.8. The summed E-state index contributed by atoms with van der Waals surface area (Å²) in [6, 6.07) is 9.72. The molecular weight excluding hydrogens is 242 g/mol. The van der Waals surface area contributed by atoms with Gasteiger partial charge in [0.15, 0.2) is 0 Å². The molecule has 0 spiro atoms. The first-order valence-corrected chi connectivity index (χ1v) is 6.76. The Hall–Kier alpha value is -1.39. The van der Waals surface area contributed by atoms with E-state index in [9.17, 15) is 4.79 Å². The molecule has 0 aromatic heterocycles. The third kappa shape index (κ3) is 4.04. The Morgan fingerprint density at radius 2 is 2.26 bits per heavy atom. The number of hydrogen-bond acceptors (Lipinski definition) is 4. The number of rotatable bonds is 6. The van der Waals surface area contributed by atoms with Crippen molar-refractivity contribution in [2.75, 3.05) is 26.8 Å². The van der Waals surface area contributed by atoms with Crippen LogP contribution in [0.5, 0.6) is 0 Å². The van der Waals surface area contributed by atoms with Gasteiger partial charge in [0.05, 0.1) is 19.1 Å². The van der Waals surface area contributed by atoms with E-state index in [0.717, 1.165) is 31.6 Å². The summed E-state index contributed by atoms with van der Waals surface area (Å²) in [6.45, 7) is 2.22. The second-order valence-corrected chi connectivity index (χ2v) is 4.78. The summed E-state index contributed by atoms with van der Waals surface area (Å²) >= 11 is 0. The normalized spacial score (nSPS) is 20.2. The molecule has 1 saturated heterocycles. The predicted octanol–water partition coefficient (Wildman–Crippen LogP) is 1.71. The van der Waals surface area contributed by atoms with E-state index in [4.69, 9.17) is 9.47 Å². The summed E-state index contributed by atoms with van der Waals surface area (Å²) in [7, 11) is 1.43. The molecule has 1 heterocycles. The monoisotopic (exact) mass is 263 g/mol. The molecule has 2 atom stereocenters. The Labute approximate surface area is 114 Å². The average molecular weight is 263 g/mol. The van der Waals surface area contributed by atoms with Crippen molar-refractivity contribution < 1.29 is 14.3 Å². The van der Waals surface area contributed by atoms with E-state index in [1.54, 1.807) is 0 Å². The van der Waals surface area contributed by atoms with E-state index < -0.39 is 0 Å². The number of carbonyl (C=O) groups is 1. The van der Waals surface area contributed by atoms with Crippen molar-refractivity contribution in [3.8, 4) is 0 Å². The van der Waals surface area contributed by atoms with Crippen LogP contribution in [0.3, 0.4) is 0 Å². The Morgan fingerprint density at radius 3 is 2.89 bits per heavy atom. The second kappa shape index (κ2) is 7.26. The van der Waals surface area contributed by atoms with E-state index in [1.165, 1.54) is 7.11 Å². The van der Waals surface area contributed by atoms with Crippen LogP contribution in [0.2, 0.25) is 0 Å². The van der Waals surface area contributed by atoms with Crippen molar-refractivity contribution in [3.05, 3.63) is 35.9 Å². The number of methoxy groups -OCH3 is 1. The fraction of sp³-hybridized carbons (Fsp3) is 0.533. The summed E-state index contributed by atoms with van der Waals surface area (Å²) in [5.74, 6) is -0.460. The van der Waals surface area contributed by atoms with Crippen molar-refractivity contribution in [2.24, 2.45) is 0 Å². The van der Waals surface area contributed by atoms with Crippen LogP contribution in [0, 0.1) is 0 Å². The molecule has 1 aromatic rings. The van der Waals surface area contributed by atoms with Crippen molar-refractivity contribution in [1.82, 2.24) is 5.32 Å². The van der Waals surface area contributed by atoms with Crippen molar-refractivity contribution in [1.29, 1.82) is 0 Å².